The minimum atomic E-state index is -0.0940. The van der Waals surface area contributed by atoms with Gasteiger partial charge in [0.25, 0.3) is 0 Å². The maximum Gasteiger partial charge on any atom is 0.232 e. The molecule has 0 unspecified atom stereocenters. The zero-order chi connectivity index (χ0) is 24.5. The lowest BCUT2D eigenvalue weighted by Gasteiger charge is -2.47. The zero-order valence-corrected chi connectivity index (χ0v) is 23.1. The number of nitrogens with zero attached hydrogens (tertiary/aromatic N) is 1. The summed E-state index contributed by atoms with van der Waals surface area (Å²) >= 11 is 0. The number of para-hydroxylation sites is 1. The summed E-state index contributed by atoms with van der Waals surface area (Å²) in [6.07, 6.45) is 10.7. The molecule has 1 amide bonds. The summed E-state index contributed by atoms with van der Waals surface area (Å²) in [6, 6.07) is 18.1. The van der Waals surface area contributed by atoms with Crippen molar-refractivity contribution in [3.05, 3.63) is 65.2 Å². The summed E-state index contributed by atoms with van der Waals surface area (Å²) in [7, 11) is 0. The van der Waals surface area contributed by atoms with E-state index in [-0.39, 0.29) is 23.7 Å². The molecule has 2 aromatic carbocycles. The topological polar surface area (TPSA) is 46.1 Å². The first-order chi connectivity index (χ1) is 17.7. The molecule has 0 aromatic heterocycles. The molecule has 3 aliphatic heterocycles. The number of halogens is 1. The molecule has 1 saturated carbocycles. The maximum absolute atomic E-state index is 14.6. The summed E-state index contributed by atoms with van der Waals surface area (Å²) in [5.74, 6) is 2.78. The van der Waals surface area contributed by atoms with E-state index in [9.17, 15) is 4.79 Å². The van der Waals surface area contributed by atoms with Crippen LogP contribution in [0.5, 0.6) is 5.75 Å². The fraction of sp³-hybridized carbons (Fsp3) is 0.594. The normalized spacial score (nSPS) is 29.9. The van der Waals surface area contributed by atoms with Crippen LogP contribution >= 0.6 is 0 Å². The second kappa shape index (κ2) is 11.4. The number of piperidine rings is 1. The molecule has 4 atom stereocenters. The lowest BCUT2D eigenvalue weighted by atomic mass is 9.67. The van der Waals surface area contributed by atoms with E-state index in [1.54, 1.807) is 0 Å². The van der Waals surface area contributed by atoms with Crippen molar-refractivity contribution in [1.82, 2.24) is 4.90 Å². The molecule has 2 aromatic rings. The first-order valence-corrected chi connectivity index (χ1v) is 14.6. The molecule has 0 bridgehead atoms. The van der Waals surface area contributed by atoms with Gasteiger partial charge in [0.2, 0.25) is 5.91 Å². The standard InChI is InChI=1S/C32H42N2O2.ClH/c1-2-23-14-9-15-27-30(23)36-19-17-32(27)22-33-21-28(32)31(35)34-18-16-26(24-10-5-3-6-11-24)20-29(34)25-12-7-4-8-13-25;/h3,5-6,9-11,14-15,25-26,28-29,33H,2,4,7-8,12-13,16-22H2,1H3;1H/t26-,28+,29+,32+;/m1./s1. The summed E-state index contributed by atoms with van der Waals surface area (Å²) in [4.78, 5) is 17.0. The highest BCUT2D eigenvalue weighted by Gasteiger charge is 2.56. The van der Waals surface area contributed by atoms with Gasteiger partial charge < -0.3 is 27.4 Å². The molecule has 4 nitrogen and oxygen atoms in total. The van der Waals surface area contributed by atoms with Crippen LogP contribution in [0.1, 0.15) is 80.9 Å². The van der Waals surface area contributed by atoms with Gasteiger partial charge in [-0.15, -0.1) is 0 Å². The van der Waals surface area contributed by atoms with E-state index < -0.39 is 0 Å². The number of nitrogens with two attached hydrogens (primary N) is 1. The monoisotopic (exact) mass is 522 g/mol. The van der Waals surface area contributed by atoms with E-state index in [0.29, 0.717) is 23.8 Å². The molecule has 4 aliphatic rings. The molecule has 1 spiro atoms. The van der Waals surface area contributed by atoms with Crippen molar-refractivity contribution in [2.24, 2.45) is 11.8 Å². The van der Waals surface area contributed by atoms with E-state index >= 15 is 0 Å². The van der Waals surface area contributed by atoms with E-state index in [2.05, 4.69) is 65.7 Å². The minimum Gasteiger partial charge on any atom is -1.00 e. The highest BCUT2D eigenvalue weighted by molar-refractivity contribution is 5.82. The minimum absolute atomic E-state index is 0. The predicted molar refractivity (Wildman–Crippen MR) is 143 cm³/mol. The zero-order valence-electron chi connectivity index (χ0n) is 22.3. The molecule has 0 radical (unpaired) electrons. The fourth-order valence-corrected chi connectivity index (χ4v) is 8.15. The Kier molecular flexibility index (Phi) is 8.16. The van der Waals surface area contributed by atoms with E-state index in [4.69, 9.17) is 4.74 Å². The van der Waals surface area contributed by atoms with Crippen LogP contribution in [-0.2, 0) is 16.6 Å². The number of ether oxygens (including phenoxy) is 1. The van der Waals surface area contributed by atoms with Gasteiger partial charge in [-0.1, -0.05) is 74.7 Å². The highest BCUT2D eigenvalue weighted by atomic mass is 35.5. The number of hydrogen-bond donors (Lipinski definition) is 1. The highest BCUT2D eigenvalue weighted by Crippen LogP contribution is 2.48. The van der Waals surface area contributed by atoms with Crippen molar-refractivity contribution in [2.75, 3.05) is 26.2 Å². The van der Waals surface area contributed by atoms with Crippen molar-refractivity contribution < 1.29 is 27.3 Å². The van der Waals surface area contributed by atoms with Crippen LogP contribution < -0.4 is 22.5 Å². The summed E-state index contributed by atoms with van der Waals surface area (Å²) in [5, 5.41) is 2.41. The Morgan fingerprint density at radius 1 is 1.05 bits per heavy atom. The molecule has 1 aliphatic carbocycles. The third-order valence-corrected chi connectivity index (χ3v) is 10.1. The second-order valence-electron chi connectivity index (χ2n) is 11.8. The number of quaternary nitrogens is 1. The van der Waals surface area contributed by atoms with E-state index in [1.165, 1.54) is 48.8 Å². The first-order valence-electron chi connectivity index (χ1n) is 14.6. The molecule has 6 rings (SSSR count). The Labute approximate surface area is 229 Å². The van der Waals surface area contributed by atoms with Gasteiger partial charge in [-0.3, -0.25) is 4.79 Å². The van der Waals surface area contributed by atoms with Crippen molar-refractivity contribution in [3.63, 3.8) is 0 Å². The largest absolute Gasteiger partial charge is 1.00 e. The fourth-order valence-electron chi connectivity index (χ4n) is 8.15. The third-order valence-electron chi connectivity index (χ3n) is 10.1. The van der Waals surface area contributed by atoms with Gasteiger partial charge >= 0.3 is 0 Å². The van der Waals surface area contributed by atoms with Gasteiger partial charge in [0.05, 0.1) is 25.1 Å². The maximum atomic E-state index is 14.6. The molecule has 2 N–H and O–H groups in total. The molecule has 200 valence electrons. The Bertz CT molecular complexity index is 1070. The van der Waals surface area contributed by atoms with E-state index in [1.807, 2.05) is 0 Å². The molecule has 37 heavy (non-hydrogen) atoms. The second-order valence-corrected chi connectivity index (χ2v) is 11.8. The number of rotatable bonds is 4. The van der Waals surface area contributed by atoms with Crippen LogP contribution in [0.25, 0.3) is 0 Å². The predicted octanol–water partition coefficient (Wildman–Crippen LogP) is 1.82. The van der Waals surface area contributed by atoms with Crippen molar-refractivity contribution >= 4 is 5.91 Å². The number of likely N-dealkylation sites (tertiary alicyclic amines) is 1. The summed E-state index contributed by atoms with van der Waals surface area (Å²) < 4.78 is 6.25. The number of carbonyl (C=O) groups is 1. The molecule has 2 saturated heterocycles. The molecular weight excluding hydrogens is 480 g/mol. The number of amides is 1. The average molecular weight is 523 g/mol. The summed E-state index contributed by atoms with van der Waals surface area (Å²) in [6.45, 7) is 5.75. The Morgan fingerprint density at radius 2 is 1.86 bits per heavy atom. The van der Waals surface area contributed by atoms with E-state index in [0.717, 1.165) is 57.7 Å². The molecule has 3 fully saturated rings. The van der Waals surface area contributed by atoms with Crippen LogP contribution in [0.2, 0.25) is 0 Å². The van der Waals surface area contributed by atoms with Crippen LogP contribution in [0, 0.1) is 11.8 Å². The number of fused-ring (bicyclic) bond motifs is 2. The number of carbonyl (C=O) groups excluding carboxylic acids is 1. The number of hydrogen-bond acceptors (Lipinski definition) is 2. The Balaban J connectivity index is 0.00000280. The smallest absolute Gasteiger partial charge is 0.232 e. The molecular formula is C32H43ClN2O2. The number of benzene rings is 2. The average Bonchev–Trinajstić information content (AvgIpc) is 3.37. The molecule has 3 heterocycles. The van der Waals surface area contributed by atoms with Crippen LogP contribution in [0.4, 0.5) is 0 Å². The van der Waals surface area contributed by atoms with Gasteiger partial charge in [-0.25, -0.2) is 0 Å². The van der Waals surface area contributed by atoms with Crippen LogP contribution in [0.15, 0.2) is 48.5 Å². The third kappa shape index (κ3) is 4.81. The summed E-state index contributed by atoms with van der Waals surface area (Å²) in [5.41, 5.74) is 3.95. The Hall–Kier alpha value is -2.04. The Morgan fingerprint density at radius 3 is 2.65 bits per heavy atom. The quantitative estimate of drug-likeness (QED) is 0.666. The first kappa shape index (κ1) is 26.6. The number of aryl methyl sites for hydroxylation is 1. The van der Waals surface area contributed by atoms with Crippen molar-refractivity contribution in [2.45, 2.75) is 82.1 Å². The lowest BCUT2D eigenvalue weighted by molar-refractivity contribution is -0.640. The van der Waals surface area contributed by atoms with Crippen molar-refractivity contribution in [3.8, 4) is 5.75 Å². The SMILES string of the molecule is CCc1cccc2c1OCC[C@]21C[NH2+]C[C@H]1C(=O)N1CC[C@@H](c2ccccc2)C[C@H]1C1CCCCC1.[Cl-]. The van der Waals surface area contributed by atoms with Gasteiger partial charge in [0, 0.05) is 18.2 Å². The lowest BCUT2D eigenvalue weighted by Crippen LogP contribution is -3.00. The van der Waals surface area contributed by atoms with Crippen LogP contribution in [0.3, 0.4) is 0 Å². The van der Waals surface area contributed by atoms with Gasteiger partial charge in [0.1, 0.15) is 11.7 Å². The van der Waals surface area contributed by atoms with Gasteiger partial charge in [0.15, 0.2) is 0 Å². The van der Waals surface area contributed by atoms with Crippen LogP contribution in [-0.4, -0.2) is 43.1 Å². The van der Waals surface area contributed by atoms with Gasteiger partial charge in [-0.05, 0) is 61.5 Å². The molecule has 5 heteroatoms. The van der Waals surface area contributed by atoms with Crippen molar-refractivity contribution in [1.29, 1.82) is 0 Å². The van der Waals surface area contributed by atoms with Gasteiger partial charge in [-0.2, -0.15) is 0 Å².